The van der Waals surface area contributed by atoms with Crippen molar-refractivity contribution in [2.24, 2.45) is 23.2 Å². The average Bonchev–Trinajstić information content (AvgIpc) is 2.05. The topological polar surface area (TPSA) is 20.2 Å². The molecule has 70 valence electrons. The third-order valence-electron chi connectivity index (χ3n) is 4.50. The van der Waals surface area contributed by atoms with Crippen LogP contribution in [0.5, 0.6) is 0 Å². The molecule has 3 aliphatic rings. The number of hydrogen-bond donors (Lipinski definition) is 1. The van der Waals surface area contributed by atoms with E-state index in [0.29, 0.717) is 12.0 Å². The van der Waals surface area contributed by atoms with Gasteiger partial charge in [0.15, 0.2) is 0 Å². The first-order valence-corrected chi connectivity index (χ1v) is 5.27. The maximum atomic E-state index is 8.92. The van der Waals surface area contributed by atoms with E-state index in [9.17, 15) is 0 Å². The Morgan fingerprint density at radius 2 is 2.08 bits per heavy atom. The van der Waals surface area contributed by atoms with Crippen LogP contribution in [0.2, 0.25) is 0 Å². The first-order valence-electron chi connectivity index (χ1n) is 5.27. The van der Waals surface area contributed by atoms with Crippen LogP contribution in [0, 0.1) is 23.2 Å². The van der Waals surface area contributed by atoms with Crippen LogP contribution in [0.3, 0.4) is 0 Å². The molecule has 0 aromatic heterocycles. The SMILES string of the molecule is CC1(C)[C@H]2CCC(CCO)[C@@H]1C2. The van der Waals surface area contributed by atoms with Crippen molar-refractivity contribution in [3.05, 3.63) is 0 Å². The Hall–Kier alpha value is -0.0400. The summed E-state index contributed by atoms with van der Waals surface area (Å²) in [5.41, 5.74) is 0.595. The van der Waals surface area contributed by atoms with E-state index in [-0.39, 0.29) is 0 Å². The van der Waals surface area contributed by atoms with Gasteiger partial charge in [-0.2, -0.15) is 0 Å². The van der Waals surface area contributed by atoms with Gasteiger partial charge in [-0.15, -0.1) is 0 Å². The molecule has 0 saturated heterocycles. The molecule has 0 amide bonds. The van der Waals surface area contributed by atoms with E-state index in [1.807, 2.05) is 0 Å². The van der Waals surface area contributed by atoms with Gasteiger partial charge in [-0.05, 0) is 48.9 Å². The van der Waals surface area contributed by atoms with Gasteiger partial charge in [0, 0.05) is 6.61 Å². The van der Waals surface area contributed by atoms with Gasteiger partial charge in [-0.25, -0.2) is 0 Å². The van der Waals surface area contributed by atoms with E-state index in [2.05, 4.69) is 13.8 Å². The Morgan fingerprint density at radius 3 is 2.58 bits per heavy atom. The zero-order valence-electron chi connectivity index (χ0n) is 8.21. The second-order valence-electron chi connectivity index (χ2n) is 5.21. The summed E-state index contributed by atoms with van der Waals surface area (Å²) in [4.78, 5) is 0. The smallest absolute Gasteiger partial charge is 0.0433 e. The lowest BCUT2D eigenvalue weighted by molar-refractivity contribution is -0.109. The van der Waals surface area contributed by atoms with Crippen molar-refractivity contribution < 1.29 is 5.11 Å². The van der Waals surface area contributed by atoms with E-state index in [4.69, 9.17) is 5.11 Å². The predicted octanol–water partition coefficient (Wildman–Crippen LogP) is 2.44. The second-order valence-corrected chi connectivity index (χ2v) is 5.21. The van der Waals surface area contributed by atoms with Crippen LogP contribution < -0.4 is 0 Å². The normalized spacial score (nSPS) is 43.8. The minimum Gasteiger partial charge on any atom is -0.396 e. The Kier molecular flexibility index (Phi) is 1.95. The van der Waals surface area contributed by atoms with Crippen molar-refractivity contribution in [2.75, 3.05) is 6.61 Å². The molecule has 1 nitrogen and oxygen atoms in total. The molecule has 1 heteroatoms. The average molecular weight is 168 g/mol. The first kappa shape index (κ1) is 8.55. The van der Waals surface area contributed by atoms with Crippen molar-refractivity contribution in [3.8, 4) is 0 Å². The second kappa shape index (κ2) is 2.73. The molecule has 0 radical (unpaired) electrons. The predicted molar refractivity (Wildman–Crippen MR) is 49.8 cm³/mol. The molecule has 3 saturated carbocycles. The van der Waals surface area contributed by atoms with Crippen LogP contribution in [-0.4, -0.2) is 11.7 Å². The molecule has 0 spiro atoms. The highest BCUT2D eigenvalue weighted by Crippen LogP contribution is 2.61. The third-order valence-corrected chi connectivity index (χ3v) is 4.50. The lowest BCUT2D eigenvalue weighted by Gasteiger charge is -2.60. The van der Waals surface area contributed by atoms with Crippen LogP contribution in [0.25, 0.3) is 0 Å². The zero-order valence-corrected chi connectivity index (χ0v) is 8.21. The number of aliphatic hydroxyl groups excluding tert-OH is 1. The molecule has 0 aromatic carbocycles. The van der Waals surface area contributed by atoms with Gasteiger partial charge < -0.3 is 5.11 Å². The van der Waals surface area contributed by atoms with Crippen LogP contribution >= 0.6 is 0 Å². The van der Waals surface area contributed by atoms with E-state index >= 15 is 0 Å². The lowest BCUT2D eigenvalue weighted by atomic mass is 9.45. The van der Waals surface area contributed by atoms with Gasteiger partial charge in [0.25, 0.3) is 0 Å². The molecule has 12 heavy (non-hydrogen) atoms. The Bertz CT molecular complexity index is 170. The summed E-state index contributed by atoms with van der Waals surface area (Å²) >= 11 is 0. The Balaban J connectivity index is 2.01. The third kappa shape index (κ3) is 1.02. The van der Waals surface area contributed by atoms with Crippen molar-refractivity contribution in [1.29, 1.82) is 0 Å². The molecule has 3 atom stereocenters. The summed E-state index contributed by atoms with van der Waals surface area (Å²) in [6.45, 7) is 5.21. The van der Waals surface area contributed by atoms with Crippen molar-refractivity contribution in [2.45, 2.75) is 39.5 Å². The lowest BCUT2D eigenvalue weighted by Crippen LogP contribution is -2.52. The number of fused-ring (bicyclic) bond motifs is 2. The highest BCUT2D eigenvalue weighted by atomic mass is 16.3. The summed E-state index contributed by atoms with van der Waals surface area (Å²) < 4.78 is 0. The van der Waals surface area contributed by atoms with Gasteiger partial charge in [0.05, 0.1) is 0 Å². The van der Waals surface area contributed by atoms with Crippen molar-refractivity contribution >= 4 is 0 Å². The number of hydrogen-bond acceptors (Lipinski definition) is 1. The molecule has 0 heterocycles. The fourth-order valence-electron chi connectivity index (χ4n) is 3.47. The quantitative estimate of drug-likeness (QED) is 0.671. The molecule has 2 bridgehead atoms. The summed E-state index contributed by atoms with van der Waals surface area (Å²) in [6.07, 6.45) is 5.27. The zero-order chi connectivity index (χ0) is 8.77. The summed E-state index contributed by atoms with van der Waals surface area (Å²) in [5, 5.41) is 8.92. The number of rotatable bonds is 2. The fraction of sp³-hybridized carbons (Fsp3) is 1.00. The maximum Gasteiger partial charge on any atom is 0.0433 e. The highest BCUT2D eigenvalue weighted by molar-refractivity contribution is 5.02. The molecule has 1 unspecified atom stereocenters. The molecule has 3 fully saturated rings. The summed E-state index contributed by atoms with van der Waals surface area (Å²) in [6, 6.07) is 0. The van der Waals surface area contributed by atoms with Gasteiger partial charge >= 0.3 is 0 Å². The Labute approximate surface area is 75.2 Å². The van der Waals surface area contributed by atoms with Crippen molar-refractivity contribution in [1.82, 2.24) is 0 Å². The minimum atomic E-state index is 0.391. The van der Waals surface area contributed by atoms with Crippen LogP contribution in [-0.2, 0) is 0 Å². The standard InChI is InChI=1S/C11H20O/c1-11(2)9-4-3-8(5-6-12)10(11)7-9/h8-10,12H,3-7H2,1-2H3/t8?,9-,10-/m0/s1. The monoisotopic (exact) mass is 168 g/mol. The Morgan fingerprint density at radius 1 is 1.33 bits per heavy atom. The summed E-state index contributed by atoms with van der Waals surface area (Å²) in [7, 11) is 0. The fourth-order valence-corrected chi connectivity index (χ4v) is 3.47. The van der Waals surface area contributed by atoms with E-state index in [1.54, 1.807) is 0 Å². The maximum absolute atomic E-state index is 8.92. The van der Waals surface area contributed by atoms with Gasteiger partial charge in [0.1, 0.15) is 0 Å². The first-order chi connectivity index (χ1) is 5.66. The molecule has 3 rings (SSSR count). The minimum absolute atomic E-state index is 0.391. The van der Waals surface area contributed by atoms with E-state index < -0.39 is 0 Å². The van der Waals surface area contributed by atoms with Crippen LogP contribution in [0.4, 0.5) is 0 Å². The molecule has 0 aromatic rings. The van der Waals surface area contributed by atoms with Crippen LogP contribution in [0.15, 0.2) is 0 Å². The molecule has 0 aliphatic heterocycles. The molecule has 3 aliphatic carbocycles. The van der Waals surface area contributed by atoms with Crippen LogP contribution in [0.1, 0.15) is 39.5 Å². The molecular formula is C11H20O. The highest BCUT2D eigenvalue weighted by Gasteiger charge is 2.53. The largest absolute Gasteiger partial charge is 0.396 e. The number of aliphatic hydroxyl groups is 1. The van der Waals surface area contributed by atoms with Crippen molar-refractivity contribution in [3.63, 3.8) is 0 Å². The van der Waals surface area contributed by atoms with E-state index in [1.165, 1.54) is 19.3 Å². The molecule has 1 N–H and O–H groups in total. The van der Waals surface area contributed by atoms with Gasteiger partial charge in [-0.1, -0.05) is 13.8 Å². The van der Waals surface area contributed by atoms with E-state index in [0.717, 1.165) is 24.2 Å². The van der Waals surface area contributed by atoms with Gasteiger partial charge in [-0.3, -0.25) is 0 Å². The van der Waals surface area contributed by atoms with Gasteiger partial charge in [0.2, 0.25) is 0 Å². The summed E-state index contributed by atoms with van der Waals surface area (Å²) in [5.74, 6) is 2.75. The molecular weight excluding hydrogens is 148 g/mol.